The molecule has 29 heavy (non-hydrogen) atoms. The van der Waals surface area contributed by atoms with Gasteiger partial charge in [-0.25, -0.2) is 15.0 Å². The summed E-state index contributed by atoms with van der Waals surface area (Å²) >= 11 is 0. The van der Waals surface area contributed by atoms with Gasteiger partial charge < -0.3 is 20.9 Å². The number of rotatable bonds is 4. The van der Waals surface area contributed by atoms with Gasteiger partial charge >= 0.3 is 0 Å². The second-order valence-corrected chi connectivity index (χ2v) is 7.63. The second-order valence-electron chi connectivity index (χ2n) is 7.63. The highest BCUT2D eigenvalue weighted by Crippen LogP contribution is 2.40. The molecule has 2 bridgehead atoms. The molecule has 3 atom stereocenters. The number of anilines is 2. The van der Waals surface area contributed by atoms with Crippen molar-refractivity contribution >= 4 is 28.4 Å². The van der Waals surface area contributed by atoms with Crippen LogP contribution in [0.1, 0.15) is 41.7 Å². The fourth-order valence-electron chi connectivity index (χ4n) is 4.74. The van der Waals surface area contributed by atoms with Crippen LogP contribution in [0.25, 0.3) is 11.0 Å². The number of nitrogens with zero attached hydrogens (tertiary/aromatic N) is 5. The quantitative estimate of drug-likeness (QED) is 0.621. The van der Waals surface area contributed by atoms with Gasteiger partial charge in [0.25, 0.3) is 5.91 Å². The van der Waals surface area contributed by atoms with E-state index < -0.39 is 5.91 Å². The molecule has 1 amide bonds. The SMILES string of the molecule is N#Cc1cnc(N2[C@@H]3CC[C@H]2CC(Nc2c(C(N)=O)cnc4[nH]ccc24)C3)cn1. The van der Waals surface area contributed by atoms with Crippen molar-refractivity contribution in [3.8, 4) is 6.07 Å². The standard InChI is InChI=1S/C20H20N8O/c21-7-12-8-25-17(10-24-12)28-13-1-2-14(28)6-11(5-13)27-18-15-3-4-23-20(15)26-9-16(18)19(22)29/h3-4,8-11,13-14H,1-2,5-6H2,(H2,22,29)(H2,23,26,27)/t11?,13-,14+. The Morgan fingerprint density at radius 2 is 2.00 bits per heavy atom. The number of pyridine rings is 1. The van der Waals surface area contributed by atoms with Crippen LogP contribution in [0.4, 0.5) is 11.5 Å². The zero-order chi connectivity index (χ0) is 20.0. The average molecular weight is 388 g/mol. The van der Waals surface area contributed by atoms with E-state index in [-0.39, 0.29) is 6.04 Å². The Balaban J connectivity index is 1.40. The number of H-pyrrole nitrogens is 1. The van der Waals surface area contributed by atoms with Crippen LogP contribution in [0.2, 0.25) is 0 Å². The monoisotopic (exact) mass is 388 g/mol. The first kappa shape index (κ1) is 17.4. The minimum atomic E-state index is -0.489. The molecule has 9 nitrogen and oxygen atoms in total. The molecule has 2 saturated heterocycles. The minimum absolute atomic E-state index is 0.216. The first-order valence-electron chi connectivity index (χ1n) is 9.67. The van der Waals surface area contributed by atoms with Crippen LogP contribution in [0.5, 0.6) is 0 Å². The number of primary amides is 1. The van der Waals surface area contributed by atoms with Crippen LogP contribution in [0.3, 0.4) is 0 Å². The third-order valence-corrected chi connectivity index (χ3v) is 5.95. The third-order valence-electron chi connectivity index (χ3n) is 5.95. The highest BCUT2D eigenvalue weighted by Gasteiger charge is 2.41. The molecular weight excluding hydrogens is 368 g/mol. The molecule has 5 heterocycles. The molecule has 4 N–H and O–H groups in total. The van der Waals surface area contributed by atoms with Crippen molar-refractivity contribution in [3.05, 3.63) is 42.1 Å². The first-order chi connectivity index (χ1) is 14.1. The predicted octanol–water partition coefficient (Wildman–Crippen LogP) is 1.94. The summed E-state index contributed by atoms with van der Waals surface area (Å²) in [5.41, 5.74) is 7.80. The number of nitrogens with two attached hydrogens (primary N) is 1. The number of hydrogen-bond donors (Lipinski definition) is 3. The Kier molecular flexibility index (Phi) is 4.05. The van der Waals surface area contributed by atoms with Crippen LogP contribution in [0, 0.1) is 11.3 Å². The van der Waals surface area contributed by atoms with Gasteiger partial charge in [0.05, 0.1) is 23.6 Å². The van der Waals surface area contributed by atoms with E-state index >= 15 is 0 Å². The summed E-state index contributed by atoms with van der Waals surface area (Å²) in [7, 11) is 0. The fourth-order valence-corrected chi connectivity index (χ4v) is 4.74. The van der Waals surface area contributed by atoms with Crippen molar-refractivity contribution in [2.75, 3.05) is 10.2 Å². The van der Waals surface area contributed by atoms with Gasteiger partial charge in [-0.15, -0.1) is 0 Å². The topological polar surface area (TPSA) is 137 Å². The number of nitrogens with one attached hydrogen (secondary N) is 2. The van der Waals surface area contributed by atoms with Crippen LogP contribution in [-0.2, 0) is 0 Å². The summed E-state index contributed by atoms with van der Waals surface area (Å²) in [6.45, 7) is 0. The van der Waals surface area contributed by atoms with Gasteiger partial charge in [0.2, 0.25) is 0 Å². The predicted molar refractivity (Wildman–Crippen MR) is 107 cm³/mol. The summed E-state index contributed by atoms with van der Waals surface area (Å²) < 4.78 is 0. The molecule has 0 aromatic carbocycles. The van der Waals surface area contributed by atoms with Crippen molar-refractivity contribution < 1.29 is 4.79 Å². The smallest absolute Gasteiger partial charge is 0.252 e. The van der Waals surface area contributed by atoms with Gasteiger partial charge in [-0.3, -0.25) is 4.79 Å². The van der Waals surface area contributed by atoms with Crippen LogP contribution < -0.4 is 16.0 Å². The third kappa shape index (κ3) is 2.93. The van der Waals surface area contributed by atoms with E-state index in [9.17, 15) is 4.79 Å². The van der Waals surface area contributed by atoms with E-state index in [2.05, 4.69) is 30.2 Å². The summed E-state index contributed by atoms with van der Waals surface area (Å²) in [6, 6.07) is 4.82. The largest absolute Gasteiger partial charge is 0.381 e. The number of carbonyl (C=O) groups excluding carboxylic acids is 1. The molecule has 9 heteroatoms. The Bertz CT molecular complexity index is 1100. The first-order valence-corrected chi connectivity index (χ1v) is 9.67. The van der Waals surface area contributed by atoms with Crippen LogP contribution in [0.15, 0.2) is 30.9 Å². The number of nitriles is 1. The number of aromatic amines is 1. The molecule has 3 aromatic rings. The molecule has 0 spiro atoms. The molecule has 2 aliphatic heterocycles. The number of piperidine rings is 1. The molecule has 5 rings (SSSR count). The van der Waals surface area contributed by atoms with Gasteiger partial charge in [0.15, 0.2) is 5.69 Å². The molecule has 2 aliphatic rings. The van der Waals surface area contributed by atoms with Gasteiger partial charge in [0.1, 0.15) is 17.5 Å². The normalized spacial score (nSPS) is 23.1. The summed E-state index contributed by atoms with van der Waals surface area (Å²) in [4.78, 5) is 30.3. The lowest BCUT2D eigenvalue weighted by Gasteiger charge is -2.40. The summed E-state index contributed by atoms with van der Waals surface area (Å²) in [6.07, 6.45) is 10.6. The van der Waals surface area contributed by atoms with Crippen LogP contribution in [-0.4, -0.2) is 44.0 Å². The van der Waals surface area contributed by atoms with E-state index in [4.69, 9.17) is 11.0 Å². The zero-order valence-electron chi connectivity index (χ0n) is 15.7. The number of hydrogen-bond acceptors (Lipinski definition) is 7. The number of fused-ring (bicyclic) bond motifs is 3. The lowest BCUT2D eigenvalue weighted by molar-refractivity contribution is 0.100. The average Bonchev–Trinajstić information content (AvgIpc) is 3.31. The van der Waals surface area contributed by atoms with E-state index in [0.717, 1.165) is 48.2 Å². The van der Waals surface area contributed by atoms with Crippen molar-refractivity contribution in [1.29, 1.82) is 5.26 Å². The molecule has 146 valence electrons. The Hall–Kier alpha value is -3.67. The fraction of sp³-hybridized carbons (Fsp3) is 0.350. The Morgan fingerprint density at radius 3 is 2.66 bits per heavy atom. The van der Waals surface area contributed by atoms with Crippen LogP contribution >= 0.6 is 0 Å². The lowest BCUT2D eigenvalue weighted by atomic mass is 9.96. The van der Waals surface area contributed by atoms with E-state index in [0.29, 0.717) is 23.3 Å². The maximum Gasteiger partial charge on any atom is 0.252 e. The van der Waals surface area contributed by atoms with Crippen molar-refractivity contribution in [2.45, 2.75) is 43.8 Å². The zero-order valence-corrected chi connectivity index (χ0v) is 15.7. The maximum absolute atomic E-state index is 11.9. The summed E-state index contributed by atoms with van der Waals surface area (Å²) in [5.74, 6) is 0.334. The van der Waals surface area contributed by atoms with Gasteiger partial charge in [0, 0.05) is 35.9 Å². The molecule has 0 radical (unpaired) electrons. The van der Waals surface area contributed by atoms with Gasteiger partial charge in [-0.1, -0.05) is 0 Å². The van der Waals surface area contributed by atoms with Crippen molar-refractivity contribution in [3.63, 3.8) is 0 Å². The highest BCUT2D eigenvalue weighted by atomic mass is 16.1. The molecule has 2 fully saturated rings. The highest BCUT2D eigenvalue weighted by molar-refractivity contribution is 6.06. The number of aromatic nitrogens is 4. The van der Waals surface area contributed by atoms with E-state index in [1.165, 1.54) is 12.4 Å². The lowest BCUT2D eigenvalue weighted by Crippen LogP contribution is -2.47. The Labute approximate surface area is 167 Å². The number of amides is 1. The van der Waals surface area contributed by atoms with Gasteiger partial charge in [-0.2, -0.15) is 5.26 Å². The molecular formula is C20H20N8O. The van der Waals surface area contributed by atoms with Crippen molar-refractivity contribution in [2.24, 2.45) is 5.73 Å². The maximum atomic E-state index is 11.9. The molecule has 3 aromatic heterocycles. The van der Waals surface area contributed by atoms with Crippen molar-refractivity contribution in [1.82, 2.24) is 19.9 Å². The second kappa shape index (κ2) is 6.74. The number of carbonyl (C=O) groups is 1. The minimum Gasteiger partial charge on any atom is -0.381 e. The molecule has 0 aliphatic carbocycles. The summed E-state index contributed by atoms with van der Waals surface area (Å²) in [5, 5.41) is 13.4. The molecule has 1 unspecified atom stereocenters. The van der Waals surface area contributed by atoms with E-state index in [1.807, 2.05) is 18.3 Å². The van der Waals surface area contributed by atoms with Gasteiger partial charge in [-0.05, 0) is 31.7 Å². The Morgan fingerprint density at radius 1 is 1.21 bits per heavy atom. The molecule has 0 saturated carbocycles. The van der Waals surface area contributed by atoms with E-state index in [1.54, 1.807) is 6.20 Å².